The molecule has 0 aromatic heterocycles. The number of carboxylic acids is 1. The van der Waals surface area contributed by atoms with Gasteiger partial charge in [0.1, 0.15) is 13.2 Å². The van der Waals surface area contributed by atoms with Gasteiger partial charge in [0.25, 0.3) is 6.29 Å². The monoisotopic (exact) mass is 1090 g/mol. The van der Waals surface area contributed by atoms with E-state index in [0.717, 1.165) is 38.5 Å². The lowest BCUT2D eigenvalue weighted by Gasteiger charge is -2.25. The van der Waals surface area contributed by atoms with Gasteiger partial charge >= 0.3 is 17.9 Å². The highest BCUT2D eigenvalue weighted by molar-refractivity contribution is 5.71. The maximum Gasteiger partial charge on any atom is 0.361 e. The highest BCUT2D eigenvalue weighted by Crippen LogP contribution is 2.19. The Hall–Kier alpha value is -1.71. The Kier molecular flexibility index (Phi) is 59.0. The van der Waals surface area contributed by atoms with Crippen LogP contribution in [0.1, 0.15) is 361 Å². The van der Waals surface area contributed by atoms with Crippen LogP contribution in [0.2, 0.25) is 0 Å². The molecule has 0 aromatic rings. The van der Waals surface area contributed by atoms with Gasteiger partial charge < -0.3 is 28.5 Å². The van der Waals surface area contributed by atoms with E-state index in [4.69, 9.17) is 18.9 Å². The van der Waals surface area contributed by atoms with Crippen LogP contribution in [-0.4, -0.2) is 87.4 Å². The average Bonchev–Trinajstić information content (AvgIpc) is 3.40. The first-order valence-electron chi connectivity index (χ1n) is 34.2. The van der Waals surface area contributed by atoms with Crippen LogP contribution < -0.4 is 0 Å². The molecule has 0 rings (SSSR count). The molecule has 0 heterocycles. The summed E-state index contributed by atoms with van der Waals surface area (Å²) in [5.41, 5.74) is 0. The third-order valence-electron chi connectivity index (χ3n) is 15.9. The number of unbranched alkanes of at least 4 members (excludes halogenated alkanes) is 50. The molecule has 77 heavy (non-hydrogen) atoms. The largest absolute Gasteiger partial charge is 0.477 e. The summed E-state index contributed by atoms with van der Waals surface area (Å²) in [5.74, 6) is -1.97. The van der Waals surface area contributed by atoms with E-state index in [9.17, 15) is 19.5 Å². The number of quaternary nitrogens is 1. The van der Waals surface area contributed by atoms with E-state index in [0.29, 0.717) is 17.4 Å². The molecule has 0 bridgehead atoms. The quantitative estimate of drug-likeness (QED) is 0.0278. The number of aliphatic carboxylic acids is 1. The highest BCUT2D eigenvalue weighted by atomic mass is 16.7. The number of carbonyl (C=O) groups excluding carboxylic acids is 2. The van der Waals surface area contributed by atoms with E-state index < -0.39 is 18.4 Å². The molecule has 0 saturated heterocycles. The van der Waals surface area contributed by atoms with Crippen molar-refractivity contribution in [1.29, 1.82) is 0 Å². The van der Waals surface area contributed by atoms with Crippen molar-refractivity contribution < 1.29 is 42.9 Å². The molecular weight excluding hydrogens is 959 g/mol. The maximum absolute atomic E-state index is 12.9. The van der Waals surface area contributed by atoms with Gasteiger partial charge in [0.15, 0.2) is 6.10 Å². The second-order valence-corrected chi connectivity index (χ2v) is 24.9. The molecule has 0 amide bonds. The van der Waals surface area contributed by atoms with Crippen LogP contribution in [0, 0.1) is 0 Å². The molecular formula is C68H134NO8+. The van der Waals surface area contributed by atoms with E-state index in [-0.39, 0.29) is 38.2 Å². The van der Waals surface area contributed by atoms with Crippen molar-refractivity contribution in [2.24, 2.45) is 0 Å². The van der Waals surface area contributed by atoms with Crippen molar-refractivity contribution in [2.45, 2.75) is 373 Å². The van der Waals surface area contributed by atoms with Gasteiger partial charge in [-0.25, -0.2) is 4.79 Å². The second kappa shape index (κ2) is 60.4. The first-order valence-corrected chi connectivity index (χ1v) is 34.2. The predicted molar refractivity (Wildman–Crippen MR) is 328 cm³/mol. The van der Waals surface area contributed by atoms with Gasteiger partial charge in [0.2, 0.25) is 0 Å². The zero-order valence-corrected chi connectivity index (χ0v) is 52.4. The molecule has 0 radical (unpaired) electrons. The smallest absolute Gasteiger partial charge is 0.361 e. The number of likely N-dealkylation sites (N-methyl/N-ethyl adjacent to an activating group) is 1. The minimum Gasteiger partial charge on any atom is -0.477 e. The van der Waals surface area contributed by atoms with Crippen LogP contribution in [0.25, 0.3) is 0 Å². The van der Waals surface area contributed by atoms with Crippen molar-refractivity contribution in [2.75, 3.05) is 47.5 Å². The van der Waals surface area contributed by atoms with Gasteiger partial charge in [0, 0.05) is 12.8 Å². The number of carboxylic acid groups (broad SMARTS) is 1. The normalized spacial score (nSPS) is 12.6. The SMILES string of the molecule is CCCCCCCCCCCCCCCCCCCCCCCCCCCCCCCCCCCCCCCC(=O)OC(COC(=O)CCCCCCCCCCCCCCCCC)COC(OCC[N+](C)(C)C)C(=O)O. The van der Waals surface area contributed by atoms with Crippen LogP contribution >= 0.6 is 0 Å². The lowest BCUT2D eigenvalue weighted by Crippen LogP contribution is -2.40. The van der Waals surface area contributed by atoms with Gasteiger partial charge in [0.05, 0.1) is 34.4 Å². The fraction of sp³-hybridized carbons (Fsp3) is 0.956. The van der Waals surface area contributed by atoms with Crippen LogP contribution in [-0.2, 0) is 33.3 Å². The Bertz CT molecular complexity index is 1220. The summed E-state index contributed by atoms with van der Waals surface area (Å²) in [6.45, 7) is 4.95. The minimum absolute atomic E-state index is 0.172. The Morgan fingerprint density at radius 2 is 0.584 bits per heavy atom. The number of nitrogens with zero attached hydrogens (tertiary/aromatic N) is 1. The van der Waals surface area contributed by atoms with Crippen molar-refractivity contribution in [3.63, 3.8) is 0 Å². The summed E-state index contributed by atoms with van der Waals surface area (Å²) in [6, 6.07) is 0. The highest BCUT2D eigenvalue weighted by Gasteiger charge is 2.25. The van der Waals surface area contributed by atoms with Gasteiger partial charge in [-0.05, 0) is 12.8 Å². The summed E-state index contributed by atoms with van der Waals surface area (Å²) in [6.07, 6.45) is 68.1. The van der Waals surface area contributed by atoms with Crippen LogP contribution in [0.15, 0.2) is 0 Å². The molecule has 0 spiro atoms. The number of esters is 2. The zero-order chi connectivity index (χ0) is 56.2. The average molecular weight is 1090 g/mol. The number of carbonyl (C=O) groups is 3. The Morgan fingerprint density at radius 3 is 0.831 bits per heavy atom. The van der Waals surface area contributed by atoms with Crippen LogP contribution in [0.4, 0.5) is 0 Å². The summed E-state index contributed by atoms with van der Waals surface area (Å²) >= 11 is 0. The summed E-state index contributed by atoms with van der Waals surface area (Å²) in [5, 5.41) is 9.71. The fourth-order valence-electron chi connectivity index (χ4n) is 10.6. The standard InChI is InChI=1S/C68H133NO8/c1-6-8-10-12-14-16-18-20-22-23-24-25-26-27-28-29-30-31-32-33-34-35-36-37-38-39-40-41-42-43-45-47-49-51-53-55-57-59-66(71)77-64(63-76-68(67(72)73)74-61-60-69(3,4)5)62-75-65(70)58-56-54-52-50-48-46-44-21-19-17-15-13-11-9-7-2/h64,68H,6-63H2,1-5H3/p+1. The number of rotatable bonds is 65. The zero-order valence-electron chi connectivity index (χ0n) is 52.4. The predicted octanol–water partition coefficient (Wildman–Crippen LogP) is 20.7. The van der Waals surface area contributed by atoms with Gasteiger partial charge in [-0.1, -0.05) is 335 Å². The van der Waals surface area contributed by atoms with Gasteiger partial charge in [-0.2, -0.15) is 0 Å². The Balaban J connectivity index is 3.92. The summed E-state index contributed by atoms with van der Waals surface area (Å²) in [4.78, 5) is 37.5. The fourth-order valence-corrected chi connectivity index (χ4v) is 10.6. The van der Waals surface area contributed by atoms with Gasteiger partial charge in [-0.3, -0.25) is 9.59 Å². The molecule has 0 saturated carbocycles. The molecule has 0 aliphatic rings. The van der Waals surface area contributed by atoms with E-state index in [2.05, 4.69) is 13.8 Å². The first kappa shape index (κ1) is 75.3. The molecule has 2 atom stereocenters. The topological polar surface area (TPSA) is 108 Å². The molecule has 0 aliphatic carbocycles. The van der Waals surface area contributed by atoms with Crippen LogP contribution in [0.5, 0.6) is 0 Å². The molecule has 0 aromatic carbocycles. The van der Waals surface area contributed by atoms with Crippen molar-refractivity contribution in [3.8, 4) is 0 Å². The first-order chi connectivity index (χ1) is 37.6. The number of ether oxygens (including phenoxy) is 4. The molecule has 9 heteroatoms. The van der Waals surface area contributed by atoms with Crippen molar-refractivity contribution >= 4 is 17.9 Å². The second-order valence-electron chi connectivity index (χ2n) is 24.9. The maximum atomic E-state index is 12.9. The van der Waals surface area contributed by atoms with E-state index in [1.54, 1.807) is 0 Å². The molecule has 0 fully saturated rings. The van der Waals surface area contributed by atoms with E-state index in [1.165, 1.54) is 295 Å². The Labute approximate surface area is 479 Å². The Morgan fingerprint density at radius 1 is 0.338 bits per heavy atom. The third kappa shape index (κ3) is 61.8. The summed E-state index contributed by atoms with van der Waals surface area (Å²) < 4.78 is 22.9. The molecule has 9 nitrogen and oxygen atoms in total. The van der Waals surface area contributed by atoms with E-state index in [1.807, 2.05) is 21.1 Å². The molecule has 1 N–H and O–H groups in total. The number of hydrogen-bond acceptors (Lipinski definition) is 7. The minimum atomic E-state index is -1.50. The van der Waals surface area contributed by atoms with Crippen molar-refractivity contribution in [1.82, 2.24) is 0 Å². The third-order valence-corrected chi connectivity index (χ3v) is 15.9. The molecule has 458 valence electrons. The van der Waals surface area contributed by atoms with Crippen molar-refractivity contribution in [3.05, 3.63) is 0 Å². The van der Waals surface area contributed by atoms with Gasteiger partial charge in [-0.15, -0.1) is 0 Å². The lowest BCUT2D eigenvalue weighted by molar-refractivity contribution is -0.870. The number of hydrogen-bond donors (Lipinski definition) is 1. The molecule has 0 aliphatic heterocycles. The summed E-state index contributed by atoms with van der Waals surface area (Å²) in [7, 11) is 5.99. The molecule has 2 unspecified atom stereocenters. The van der Waals surface area contributed by atoms with Crippen LogP contribution in [0.3, 0.4) is 0 Å². The lowest BCUT2D eigenvalue weighted by atomic mass is 10.0. The van der Waals surface area contributed by atoms with E-state index >= 15 is 0 Å².